The van der Waals surface area contributed by atoms with Crippen LogP contribution in [0.15, 0.2) is 30.3 Å². The van der Waals surface area contributed by atoms with E-state index in [2.05, 4.69) is 10.1 Å². The molecule has 0 aliphatic heterocycles. The third kappa shape index (κ3) is 4.45. The lowest BCUT2D eigenvalue weighted by Gasteiger charge is -2.16. The number of alkyl carbamates (subject to hydrolysis) is 1. The molecule has 0 heterocycles. The molecule has 5 heteroatoms. The van der Waals surface area contributed by atoms with E-state index >= 15 is 0 Å². The molecule has 1 amide bonds. The first-order chi connectivity index (χ1) is 8.67. The molecule has 0 fully saturated rings. The van der Waals surface area contributed by atoms with Crippen LogP contribution in [0.25, 0.3) is 0 Å². The van der Waals surface area contributed by atoms with E-state index in [4.69, 9.17) is 4.74 Å². The van der Waals surface area contributed by atoms with Crippen molar-refractivity contribution in [2.75, 3.05) is 13.7 Å². The maximum absolute atomic E-state index is 11.7. The van der Waals surface area contributed by atoms with Crippen molar-refractivity contribution in [2.24, 2.45) is 0 Å². The summed E-state index contributed by atoms with van der Waals surface area (Å²) in [6, 6.07) is 8.65. The van der Waals surface area contributed by atoms with Crippen LogP contribution < -0.4 is 5.32 Å². The largest absolute Gasteiger partial charge is 0.464 e. The van der Waals surface area contributed by atoms with E-state index in [0.717, 1.165) is 5.56 Å². The second kappa shape index (κ2) is 7.32. The molecule has 1 N–H and O–H groups in total. The van der Waals surface area contributed by atoms with E-state index in [0.29, 0.717) is 6.42 Å². The van der Waals surface area contributed by atoms with Crippen LogP contribution in [0, 0.1) is 0 Å². The predicted molar refractivity (Wildman–Crippen MR) is 66.1 cm³/mol. The highest BCUT2D eigenvalue weighted by molar-refractivity contribution is 5.81. The van der Waals surface area contributed by atoms with Crippen LogP contribution in [0.2, 0.25) is 0 Å². The standard InChI is InChI=1S/C13H17NO4/c1-3-18-12(15)11(14-13(16)17-2)9-10-7-5-4-6-8-10/h4-8,11H,3,9H2,1-2H3,(H,14,16). The molecule has 5 nitrogen and oxygen atoms in total. The van der Waals surface area contributed by atoms with Crippen LogP contribution in [0.1, 0.15) is 12.5 Å². The minimum absolute atomic E-state index is 0.271. The van der Waals surface area contributed by atoms with E-state index in [1.54, 1.807) is 6.92 Å². The predicted octanol–water partition coefficient (Wildman–Crippen LogP) is 1.52. The number of carbonyl (C=O) groups is 2. The number of benzene rings is 1. The number of carbonyl (C=O) groups excluding carboxylic acids is 2. The van der Waals surface area contributed by atoms with E-state index in [-0.39, 0.29) is 6.61 Å². The number of ether oxygens (including phenoxy) is 2. The van der Waals surface area contributed by atoms with Crippen molar-refractivity contribution in [1.82, 2.24) is 5.32 Å². The fourth-order valence-corrected chi connectivity index (χ4v) is 1.49. The number of methoxy groups -OCH3 is 1. The smallest absolute Gasteiger partial charge is 0.407 e. The van der Waals surface area contributed by atoms with Crippen LogP contribution in [-0.4, -0.2) is 31.8 Å². The first-order valence-electron chi connectivity index (χ1n) is 5.72. The Morgan fingerprint density at radius 1 is 1.28 bits per heavy atom. The number of hydrogen-bond donors (Lipinski definition) is 1. The first-order valence-corrected chi connectivity index (χ1v) is 5.72. The number of hydrogen-bond acceptors (Lipinski definition) is 4. The molecule has 1 aromatic carbocycles. The highest BCUT2D eigenvalue weighted by Gasteiger charge is 2.22. The minimum Gasteiger partial charge on any atom is -0.464 e. The molecule has 0 bridgehead atoms. The van der Waals surface area contributed by atoms with E-state index < -0.39 is 18.1 Å². The van der Waals surface area contributed by atoms with Crippen molar-refractivity contribution < 1.29 is 19.1 Å². The zero-order chi connectivity index (χ0) is 13.4. The van der Waals surface area contributed by atoms with Gasteiger partial charge in [-0.1, -0.05) is 30.3 Å². The Kier molecular flexibility index (Phi) is 5.70. The Morgan fingerprint density at radius 2 is 1.94 bits per heavy atom. The molecule has 1 atom stereocenters. The van der Waals surface area contributed by atoms with Crippen LogP contribution in [0.4, 0.5) is 4.79 Å². The topological polar surface area (TPSA) is 64.6 Å². The molecular weight excluding hydrogens is 234 g/mol. The highest BCUT2D eigenvalue weighted by atomic mass is 16.5. The molecule has 18 heavy (non-hydrogen) atoms. The molecule has 1 rings (SSSR count). The minimum atomic E-state index is -0.736. The van der Waals surface area contributed by atoms with Gasteiger partial charge in [-0.05, 0) is 12.5 Å². The molecule has 0 saturated heterocycles. The number of rotatable bonds is 5. The number of amides is 1. The van der Waals surface area contributed by atoms with Crippen molar-refractivity contribution >= 4 is 12.1 Å². The third-order valence-electron chi connectivity index (χ3n) is 2.33. The summed E-state index contributed by atoms with van der Waals surface area (Å²) < 4.78 is 9.40. The molecule has 0 saturated carbocycles. The molecule has 1 unspecified atom stereocenters. The van der Waals surface area contributed by atoms with Crippen molar-refractivity contribution in [2.45, 2.75) is 19.4 Å². The molecule has 0 aliphatic carbocycles. The molecule has 1 aromatic rings. The summed E-state index contributed by atoms with van der Waals surface area (Å²) in [4.78, 5) is 22.9. The lowest BCUT2D eigenvalue weighted by Crippen LogP contribution is -2.43. The average molecular weight is 251 g/mol. The quantitative estimate of drug-likeness (QED) is 0.806. The van der Waals surface area contributed by atoms with Gasteiger partial charge in [0.25, 0.3) is 0 Å². The SMILES string of the molecule is CCOC(=O)C(Cc1ccccc1)NC(=O)OC. The Hall–Kier alpha value is -2.04. The number of esters is 1. The van der Waals surface area contributed by atoms with Gasteiger partial charge in [0.05, 0.1) is 13.7 Å². The van der Waals surface area contributed by atoms with E-state index in [1.807, 2.05) is 30.3 Å². The Balaban J connectivity index is 2.71. The lowest BCUT2D eigenvalue weighted by atomic mass is 10.1. The monoisotopic (exact) mass is 251 g/mol. The van der Waals surface area contributed by atoms with Gasteiger partial charge in [0, 0.05) is 6.42 Å². The third-order valence-corrected chi connectivity index (χ3v) is 2.33. The van der Waals surface area contributed by atoms with Crippen LogP contribution >= 0.6 is 0 Å². The number of nitrogens with one attached hydrogen (secondary N) is 1. The van der Waals surface area contributed by atoms with Crippen LogP contribution in [-0.2, 0) is 20.7 Å². The Bertz CT molecular complexity index is 391. The van der Waals surface area contributed by atoms with Gasteiger partial charge in [0.1, 0.15) is 6.04 Å². The highest BCUT2D eigenvalue weighted by Crippen LogP contribution is 2.05. The molecule has 98 valence electrons. The van der Waals surface area contributed by atoms with Gasteiger partial charge in [0.15, 0.2) is 0 Å². The summed E-state index contributed by atoms with van der Waals surface area (Å²) in [7, 11) is 1.25. The van der Waals surface area contributed by atoms with Gasteiger partial charge >= 0.3 is 12.1 Å². The van der Waals surface area contributed by atoms with Gasteiger partial charge in [-0.25, -0.2) is 9.59 Å². The Morgan fingerprint density at radius 3 is 2.50 bits per heavy atom. The summed E-state index contributed by atoms with van der Waals surface area (Å²) >= 11 is 0. The molecular formula is C13H17NO4. The zero-order valence-electron chi connectivity index (χ0n) is 10.5. The molecule has 0 aliphatic rings. The second-order valence-corrected chi connectivity index (χ2v) is 3.63. The van der Waals surface area contributed by atoms with Gasteiger partial charge in [-0.15, -0.1) is 0 Å². The van der Waals surface area contributed by atoms with Gasteiger partial charge in [-0.2, -0.15) is 0 Å². The molecule has 0 radical (unpaired) electrons. The summed E-state index contributed by atoms with van der Waals surface area (Å²) in [6.45, 7) is 1.99. The maximum Gasteiger partial charge on any atom is 0.407 e. The van der Waals surface area contributed by atoms with Gasteiger partial charge < -0.3 is 14.8 Å². The molecule has 0 aromatic heterocycles. The fraction of sp³-hybridized carbons (Fsp3) is 0.385. The summed E-state index contributed by atoms with van der Waals surface area (Å²) in [5.74, 6) is -0.466. The van der Waals surface area contributed by atoms with Gasteiger partial charge in [-0.3, -0.25) is 0 Å². The van der Waals surface area contributed by atoms with Crippen molar-refractivity contribution in [3.8, 4) is 0 Å². The van der Waals surface area contributed by atoms with E-state index in [1.165, 1.54) is 7.11 Å². The zero-order valence-corrected chi connectivity index (χ0v) is 10.5. The van der Waals surface area contributed by atoms with Crippen molar-refractivity contribution in [1.29, 1.82) is 0 Å². The summed E-state index contributed by atoms with van der Waals surface area (Å²) in [5, 5.41) is 2.46. The normalized spacial score (nSPS) is 11.4. The maximum atomic E-state index is 11.7. The van der Waals surface area contributed by atoms with Crippen LogP contribution in [0.5, 0.6) is 0 Å². The van der Waals surface area contributed by atoms with Crippen molar-refractivity contribution in [3.05, 3.63) is 35.9 Å². The van der Waals surface area contributed by atoms with Crippen molar-refractivity contribution in [3.63, 3.8) is 0 Å². The summed E-state index contributed by atoms with van der Waals surface area (Å²) in [6.07, 6.45) is -0.279. The Labute approximate surface area is 106 Å². The average Bonchev–Trinajstić information content (AvgIpc) is 2.39. The van der Waals surface area contributed by atoms with Gasteiger partial charge in [0.2, 0.25) is 0 Å². The molecule has 0 spiro atoms. The van der Waals surface area contributed by atoms with Crippen LogP contribution in [0.3, 0.4) is 0 Å². The first kappa shape index (κ1) is 14.0. The summed E-state index contributed by atoms with van der Waals surface area (Å²) in [5.41, 5.74) is 0.937. The van der Waals surface area contributed by atoms with E-state index in [9.17, 15) is 9.59 Å². The lowest BCUT2D eigenvalue weighted by molar-refractivity contribution is -0.145. The second-order valence-electron chi connectivity index (χ2n) is 3.63. The fourth-order valence-electron chi connectivity index (χ4n) is 1.49.